The maximum Gasteiger partial charge on any atom is 0.174 e. The van der Waals surface area contributed by atoms with Crippen LogP contribution < -0.4 is 10.6 Å². The third-order valence-electron chi connectivity index (χ3n) is 4.77. The molecule has 140 valence electrons. The Hall–Kier alpha value is -3.40. The fourth-order valence-corrected chi connectivity index (χ4v) is 3.19. The molecular formula is C24H24N4. The van der Waals surface area contributed by atoms with Crippen molar-refractivity contribution in [3.63, 3.8) is 0 Å². The van der Waals surface area contributed by atoms with Crippen LogP contribution in [0.2, 0.25) is 0 Å². The van der Waals surface area contributed by atoms with E-state index in [1.54, 1.807) is 0 Å². The molecule has 0 spiro atoms. The highest BCUT2D eigenvalue weighted by molar-refractivity contribution is 5.83. The van der Waals surface area contributed by atoms with Crippen molar-refractivity contribution in [3.8, 4) is 0 Å². The van der Waals surface area contributed by atoms with Crippen LogP contribution in [0.15, 0.2) is 72.8 Å². The summed E-state index contributed by atoms with van der Waals surface area (Å²) in [6, 6.07) is 24.7. The Labute approximate surface area is 165 Å². The summed E-state index contributed by atoms with van der Waals surface area (Å²) in [6.07, 6.45) is 1.99. The molecule has 0 unspecified atom stereocenters. The molecule has 0 aliphatic heterocycles. The van der Waals surface area contributed by atoms with Crippen molar-refractivity contribution in [1.82, 2.24) is 9.97 Å². The van der Waals surface area contributed by atoms with Crippen LogP contribution >= 0.6 is 0 Å². The van der Waals surface area contributed by atoms with Gasteiger partial charge in [0.15, 0.2) is 11.6 Å². The van der Waals surface area contributed by atoms with Gasteiger partial charge in [0.25, 0.3) is 0 Å². The summed E-state index contributed by atoms with van der Waals surface area (Å²) in [5.74, 6) is 1.43. The van der Waals surface area contributed by atoms with Crippen LogP contribution in [0.25, 0.3) is 11.0 Å². The van der Waals surface area contributed by atoms with E-state index in [2.05, 4.69) is 73.0 Å². The van der Waals surface area contributed by atoms with E-state index in [1.807, 2.05) is 24.3 Å². The first-order chi connectivity index (χ1) is 13.7. The highest BCUT2D eigenvalue weighted by Gasteiger charge is 2.10. The lowest BCUT2D eigenvalue weighted by atomic mass is 10.1. The normalized spacial score (nSPS) is 10.8. The second-order valence-electron chi connectivity index (χ2n) is 6.77. The topological polar surface area (TPSA) is 49.8 Å². The van der Waals surface area contributed by atoms with E-state index >= 15 is 0 Å². The molecule has 0 aliphatic rings. The average Bonchev–Trinajstić information content (AvgIpc) is 2.74. The summed E-state index contributed by atoms with van der Waals surface area (Å²) in [4.78, 5) is 9.66. The molecule has 0 bridgehead atoms. The zero-order chi connectivity index (χ0) is 19.3. The minimum atomic E-state index is 0.717. The predicted octanol–water partition coefficient (Wildman–Crippen LogP) is 6.24. The number of nitrogens with zero attached hydrogens (tertiary/aromatic N) is 2. The first-order valence-electron chi connectivity index (χ1n) is 9.74. The minimum absolute atomic E-state index is 0.717. The van der Waals surface area contributed by atoms with Crippen molar-refractivity contribution in [2.24, 2.45) is 0 Å². The Morgan fingerprint density at radius 3 is 1.50 bits per heavy atom. The summed E-state index contributed by atoms with van der Waals surface area (Å²) in [6.45, 7) is 4.31. The molecule has 4 rings (SSSR count). The third-order valence-corrected chi connectivity index (χ3v) is 4.77. The van der Waals surface area contributed by atoms with E-state index in [9.17, 15) is 0 Å². The van der Waals surface area contributed by atoms with Crippen molar-refractivity contribution in [3.05, 3.63) is 83.9 Å². The largest absolute Gasteiger partial charge is 0.337 e. The monoisotopic (exact) mass is 368 g/mol. The van der Waals surface area contributed by atoms with Crippen LogP contribution in [0.5, 0.6) is 0 Å². The second kappa shape index (κ2) is 8.09. The van der Waals surface area contributed by atoms with E-state index in [0.717, 1.165) is 35.2 Å². The van der Waals surface area contributed by atoms with E-state index in [-0.39, 0.29) is 0 Å². The van der Waals surface area contributed by atoms with Gasteiger partial charge in [-0.25, -0.2) is 9.97 Å². The van der Waals surface area contributed by atoms with Crippen molar-refractivity contribution in [2.45, 2.75) is 26.7 Å². The molecule has 0 radical (unpaired) electrons. The van der Waals surface area contributed by atoms with Gasteiger partial charge in [0.05, 0.1) is 11.0 Å². The molecule has 4 nitrogen and oxygen atoms in total. The molecule has 28 heavy (non-hydrogen) atoms. The van der Waals surface area contributed by atoms with Crippen molar-refractivity contribution >= 4 is 34.0 Å². The number of fused-ring (bicyclic) bond motifs is 1. The number of benzene rings is 3. The highest BCUT2D eigenvalue weighted by Crippen LogP contribution is 2.28. The van der Waals surface area contributed by atoms with E-state index in [1.165, 1.54) is 11.1 Å². The Bertz CT molecular complexity index is 1020. The lowest BCUT2D eigenvalue weighted by molar-refractivity contribution is 1.14. The number of hydrogen-bond donors (Lipinski definition) is 2. The third kappa shape index (κ3) is 3.96. The van der Waals surface area contributed by atoms with Crippen LogP contribution in [0.4, 0.5) is 23.0 Å². The maximum absolute atomic E-state index is 4.83. The molecular weight excluding hydrogens is 344 g/mol. The number of hydrogen-bond acceptors (Lipinski definition) is 4. The van der Waals surface area contributed by atoms with Gasteiger partial charge in [0.2, 0.25) is 0 Å². The number of aryl methyl sites for hydroxylation is 2. The fraction of sp³-hybridized carbons (Fsp3) is 0.167. The number of aromatic nitrogens is 2. The summed E-state index contributed by atoms with van der Waals surface area (Å²) in [5, 5.41) is 6.90. The van der Waals surface area contributed by atoms with E-state index in [4.69, 9.17) is 9.97 Å². The summed E-state index contributed by atoms with van der Waals surface area (Å²) in [7, 11) is 0. The highest BCUT2D eigenvalue weighted by atomic mass is 15.1. The molecule has 0 fully saturated rings. The van der Waals surface area contributed by atoms with Gasteiger partial charge in [0, 0.05) is 11.4 Å². The van der Waals surface area contributed by atoms with Crippen LogP contribution in [-0.4, -0.2) is 9.97 Å². The van der Waals surface area contributed by atoms with Gasteiger partial charge >= 0.3 is 0 Å². The summed E-state index contributed by atoms with van der Waals surface area (Å²) in [5.41, 5.74) is 6.31. The smallest absolute Gasteiger partial charge is 0.174 e. The predicted molar refractivity (Wildman–Crippen MR) is 118 cm³/mol. The SMILES string of the molecule is CCc1cccc(Nc2nc3ccccc3nc2Nc2cccc(CC)c2)c1. The van der Waals surface area contributed by atoms with E-state index in [0.29, 0.717) is 11.6 Å². The van der Waals surface area contributed by atoms with Crippen LogP contribution in [0, 0.1) is 0 Å². The Kier molecular flexibility index (Phi) is 5.20. The van der Waals surface area contributed by atoms with Crippen LogP contribution in [-0.2, 0) is 12.8 Å². The van der Waals surface area contributed by atoms with Crippen LogP contribution in [0.3, 0.4) is 0 Å². The Morgan fingerprint density at radius 1 is 0.607 bits per heavy atom. The molecule has 0 saturated carbocycles. The summed E-state index contributed by atoms with van der Waals surface area (Å²) < 4.78 is 0. The van der Waals surface area contributed by atoms with Gasteiger partial charge in [-0.05, 0) is 60.4 Å². The molecule has 0 aliphatic carbocycles. The first kappa shape index (κ1) is 18.0. The van der Waals surface area contributed by atoms with Crippen molar-refractivity contribution in [1.29, 1.82) is 0 Å². The zero-order valence-corrected chi connectivity index (χ0v) is 16.2. The van der Waals surface area contributed by atoms with Crippen LogP contribution in [0.1, 0.15) is 25.0 Å². The van der Waals surface area contributed by atoms with Gasteiger partial charge < -0.3 is 10.6 Å². The van der Waals surface area contributed by atoms with Crippen molar-refractivity contribution in [2.75, 3.05) is 10.6 Å². The van der Waals surface area contributed by atoms with Crippen molar-refractivity contribution < 1.29 is 0 Å². The summed E-state index contributed by atoms with van der Waals surface area (Å²) >= 11 is 0. The lowest BCUT2D eigenvalue weighted by Crippen LogP contribution is -2.03. The Morgan fingerprint density at radius 2 is 1.07 bits per heavy atom. The molecule has 0 saturated heterocycles. The maximum atomic E-state index is 4.83. The molecule has 4 heteroatoms. The average molecular weight is 368 g/mol. The fourth-order valence-electron chi connectivity index (χ4n) is 3.19. The van der Waals surface area contributed by atoms with Gasteiger partial charge in [-0.2, -0.15) is 0 Å². The quantitative estimate of drug-likeness (QED) is 0.423. The zero-order valence-electron chi connectivity index (χ0n) is 16.2. The Balaban J connectivity index is 1.75. The molecule has 4 aromatic rings. The van der Waals surface area contributed by atoms with Gasteiger partial charge in [-0.15, -0.1) is 0 Å². The molecule has 1 aromatic heterocycles. The number of para-hydroxylation sites is 2. The molecule has 0 amide bonds. The number of nitrogens with one attached hydrogen (secondary N) is 2. The van der Waals surface area contributed by atoms with Gasteiger partial charge in [0.1, 0.15) is 0 Å². The lowest BCUT2D eigenvalue weighted by Gasteiger charge is -2.14. The van der Waals surface area contributed by atoms with Gasteiger partial charge in [-0.1, -0.05) is 50.2 Å². The molecule has 0 atom stereocenters. The molecule has 3 aromatic carbocycles. The first-order valence-corrected chi connectivity index (χ1v) is 9.74. The minimum Gasteiger partial charge on any atom is -0.337 e. The number of anilines is 4. The molecule has 2 N–H and O–H groups in total. The molecule has 1 heterocycles. The number of rotatable bonds is 6. The second-order valence-corrected chi connectivity index (χ2v) is 6.77. The van der Waals surface area contributed by atoms with E-state index < -0.39 is 0 Å². The van der Waals surface area contributed by atoms with Gasteiger partial charge in [-0.3, -0.25) is 0 Å². The standard InChI is InChI=1S/C24H24N4/c1-3-17-9-7-11-19(15-17)25-23-24(26-20-12-8-10-18(4-2)16-20)28-22-14-6-5-13-21(22)27-23/h5-16H,3-4H2,1-2H3,(H,25,27)(H,26,28).